The van der Waals surface area contributed by atoms with Crippen molar-refractivity contribution >= 4 is 17.3 Å². The van der Waals surface area contributed by atoms with Crippen LogP contribution in [0.5, 0.6) is 0 Å². The van der Waals surface area contributed by atoms with Crippen molar-refractivity contribution in [2.45, 2.75) is 26.1 Å². The molecule has 2 atom stereocenters. The fraction of sp³-hybridized carbons (Fsp3) is 0.462. The van der Waals surface area contributed by atoms with Crippen LogP contribution in [0.2, 0.25) is 0 Å². The molecule has 0 amide bonds. The highest BCUT2D eigenvalue weighted by Crippen LogP contribution is 2.24. The van der Waals surface area contributed by atoms with E-state index in [9.17, 15) is 4.79 Å². The van der Waals surface area contributed by atoms with Crippen molar-refractivity contribution in [1.82, 2.24) is 0 Å². The monoisotopic (exact) mass is 250 g/mol. The normalized spacial score (nSPS) is 24.0. The first kappa shape index (κ1) is 12.7. The molecule has 0 bridgehead atoms. The van der Waals surface area contributed by atoms with Crippen molar-refractivity contribution in [3.63, 3.8) is 0 Å². The molecular formula is C13H18N2O3. The molecule has 5 nitrogen and oxygen atoms in total. The van der Waals surface area contributed by atoms with Crippen molar-refractivity contribution in [3.8, 4) is 0 Å². The summed E-state index contributed by atoms with van der Waals surface area (Å²) < 4.78 is 5.66. The highest BCUT2D eigenvalue weighted by molar-refractivity contribution is 5.94. The van der Waals surface area contributed by atoms with Crippen LogP contribution in [-0.2, 0) is 4.74 Å². The van der Waals surface area contributed by atoms with Gasteiger partial charge in [-0.2, -0.15) is 0 Å². The molecule has 1 saturated heterocycles. The van der Waals surface area contributed by atoms with Crippen molar-refractivity contribution in [2.75, 3.05) is 23.7 Å². The Morgan fingerprint density at radius 2 is 2.00 bits per heavy atom. The summed E-state index contributed by atoms with van der Waals surface area (Å²) in [7, 11) is 0. The highest BCUT2D eigenvalue weighted by atomic mass is 16.5. The van der Waals surface area contributed by atoms with Crippen LogP contribution in [0.4, 0.5) is 11.4 Å². The molecule has 0 aliphatic carbocycles. The summed E-state index contributed by atoms with van der Waals surface area (Å²) in [5.41, 5.74) is 6.97. The van der Waals surface area contributed by atoms with Crippen LogP contribution in [0.1, 0.15) is 24.2 Å². The molecule has 3 N–H and O–H groups in total. The van der Waals surface area contributed by atoms with Gasteiger partial charge in [-0.25, -0.2) is 4.79 Å². The van der Waals surface area contributed by atoms with Gasteiger partial charge >= 0.3 is 5.97 Å². The van der Waals surface area contributed by atoms with E-state index in [0.717, 1.165) is 18.8 Å². The number of carboxylic acids is 1. The van der Waals surface area contributed by atoms with Gasteiger partial charge in [0.05, 0.1) is 17.8 Å². The first-order chi connectivity index (χ1) is 8.47. The molecular weight excluding hydrogens is 232 g/mol. The standard InChI is InChI=1S/C13H18N2O3/c1-8-6-15(7-9(2)18-8)10-3-4-12(14)11(5-10)13(16)17/h3-5,8-9H,6-7,14H2,1-2H3,(H,16,17)/t8-,9+. The number of hydrogen-bond donors (Lipinski definition) is 2. The lowest BCUT2D eigenvalue weighted by atomic mass is 10.1. The number of hydrogen-bond acceptors (Lipinski definition) is 4. The lowest BCUT2D eigenvalue weighted by Crippen LogP contribution is -2.45. The molecule has 1 aliphatic rings. The number of carbonyl (C=O) groups is 1. The second kappa shape index (κ2) is 4.86. The third kappa shape index (κ3) is 2.56. The van der Waals surface area contributed by atoms with Gasteiger partial charge in [-0.05, 0) is 32.0 Å². The van der Waals surface area contributed by atoms with Gasteiger partial charge < -0.3 is 20.5 Å². The van der Waals surface area contributed by atoms with E-state index in [0.29, 0.717) is 5.69 Å². The van der Waals surface area contributed by atoms with Crippen molar-refractivity contribution < 1.29 is 14.6 Å². The minimum absolute atomic E-state index is 0.139. The van der Waals surface area contributed by atoms with E-state index in [1.165, 1.54) is 0 Å². The maximum Gasteiger partial charge on any atom is 0.337 e. The Balaban J connectivity index is 2.28. The number of ether oxygens (including phenoxy) is 1. The number of anilines is 2. The van der Waals surface area contributed by atoms with E-state index in [1.54, 1.807) is 12.1 Å². The van der Waals surface area contributed by atoms with E-state index < -0.39 is 5.97 Å². The second-order valence-electron chi connectivity index (χ2n) is 4.74. The van der Waals surface area contributed by atoms with Crippen molar-refractivity contribution in [2.24, 2.45) is 0 Å². The van der Waals surface area contributed by atoms with Gasteiger partial charge in [0, 0.05) is 24.5 Å². The number of nitrogen functional groups attached to an aromatic ring is 1. The Labute approximate surface area is 106 Å². The number of nitrogens with zero attached hydrogens (tertiary/aromatic N) is 1. The average molecular weight is 250 g/mol. The lowest BCUT2D eigenvalue weighted by molar-refractivity contribution is -0.00521. The van der Waals surface area contributed by atoms with Crippen LogP contribution in [0.3, 0.4) is 0 Å². The maximum atomic E-state index is 11.1. The molecule has 1 aromatic rings. The first-order valence-corrected chi connectivity index (χ1v) is 6.00. The highest BCUT2D eigenvalue weighted by Gasteiger charge is 2.23. The fourth-order valence-electron chi connectivity index (χ4n) is 2.31. The van der Waals surface area contributed by atoms with Crippen LogP contribution >= 0.6 is 0 Å². The predicted molar refractivity (Wildman–Crippen MR) is 70.0 cm³/mol. The second-order valence-corrected chi connectivity index (χ2v) is 4.74. The minimum atomic E-state index is -0.997. The van der Waals surface area contributed by atoms with Crippen LogP contribution in [0.15, 0.2) is 18.2 Å². The molecule has 1 aromatic carbocycles. The fourth-order valence-corrected chi connectivity index (χ4v) is 2.31. The quantitative estimate of drug-likeness (QED) is 0.779. The summed E-state index contributed by atoms with van der Waals surface area (Å²) in [6.45, 7) is 5.54. The van der Waals surface area contributed by atoms with Gasteiger partial charge in [0.25, 0.3) is 0 Å². The van der Waals surface area contributed by atoms with Crippen molar-refractivity contribution in [1.29, 1.82) is 0 Å². The van der Waals surface area contributed by atoms with Gasteiger partial charge in [-0.1, -0.05) is 0 Å². The largest absolute Gasteiger partial charge is 0.478 e. The van der Waals surface area contributed by atoms with E-state index in [2.05, 4.69) is 4.90 Å². The Hall–Kier alpha value is -1.75. The third-order valence-electron chi connectivity index (χ3n) is 3.05. The van der Waals surface area contributed by atoms with Crippen LogP contribution in [0, 0.1) is 0 Å². The summed E-state index contributed by atoms with van der Waals surface area (Å²) in [4.78, 5) is 13.2. The van der Waals surface area contributed by atoms with Crippen molar-refractivity contribution in [3.05, 3.63) is 23.8 Å². The maximum absolute atomic E-state index is 11.1. The molecule has 0 aromatic heterocycles. The summed E-state index contributed by atoms with van der Waals surface area (Å²) in [6, 6.07) is 5.12. The van der Waals surface area contributed by atoms with E-state index in [-0.39, 0.29) is 17.8 Å². The lowest BCUT2D eigenvalue weighted by Gasteiger charge is -2.37. The van der Waals surface area contributed by atoms with Crippen LogP contribution in [0.25, 0.3) is 0 Å². The summed E-state index contributed by atoms with van der Waals surface area (Å²) >= 11 is 0. The van der Waals surface area contributed by atoms with Gasteiger partial charge in [0.2, 0.25) is 0 Å². The van der Waals surface area contributed by atoms with Gasteiger partial charge in [-0.3, -0.25) is 0 Å². The molecule has 0 unspecified atom stereocenters. The first-order valence-electron chi connectivity index (χ1n) is 6.00. The number of morpholine rings is 1. The zero-order valence-corrected chi connectivity index (χ0v) is 10.6. The SMILES string of the molecule is C[C@@H]1CN(c2ccc(N)c(C(=O)O)c2)C[C@H](C)O1. The summed E-state index contributed by atoms with van der Waals surface area (Å²) in [5.74, 6) is -0.997. The Bertz CT molecular complexity index is 452. The molecule has 1 aliphatic heterocycles. The molecule has 0 saturated carbocycles. The number of carboxylic acid groups (broad SMARTS) is 1. The topological polar surface area (TPSA) is 75.8 Å². The Kier molecular flexibility index (Phi) is 3.43. The van der Waals surface area contributed by atoms with E-state index in [4.69, 9.17) is 15.6 Å². The van der Waals surface area contributed by atoms with Crippen LogP contribution in [-0.4, -0.2) is 36.4 Å². The number of rotatable bonds is 2. The smallest absolute Gasteiger partial charge is 0.337 e. The van der Waals surface area contributed by atoms with Gasteiger partial charge in [0.1, 0.15) is 0 Å². The zero-order valence-electron chi connectivity index (χ0n) is 10.6. The number of aromatic carboxylic acids is 1. The molecule has 0 spiro atoms. The third-order valence-corrected chi connectivity index (χ3v) is 3.05. The summed E-state index contributed by atoms with van der Waals surface area (Å²) in [5, 5.41) is 9.07. The minimum Gasteiger partial charge on any atom is -0.478 e. The van der Waals surface area contributed by atoms with Gasteiger partial charge in [-0.15, -0.1) is 0 Å². The van der Waals surface area contributed by atoms with Crippen LogP contribution < -0.4 is 10.6 Å². The van der Waals surface area contributed by atoms with E-state index in [1.807, 2.05) is 19.9 Å². The predicted octanol–water partition coefficient (Wildman–Crippen LogP) is 1.58. The number of nitrogens with two attached hydrogens (primary N) is 1. The van der Waals surface area contributed by atoms with Gasteiger partial charge in [0.15, 0.2) is 0 Å². The molecule has 1 heterocycles. The number of benzene rings is 1. The summed E-state index contributed by atoms with van der Waals surface area (Å²) in [6.07, 6.45) is 0.277. The molecule has 18 heavy (non-hydrogen) atoms. The Morgan fingerprint density at radius 3 is 2.56 bits per heavy atom. The van der Waals surface area contributed by atoms with E-state index >= 15 is 0 Å². The Morgan fingerprint density at radius 1 is 1.39 bits per heavy atom. The molecule has 5 heteroatoms. The zero-order chi connectivity index (χ0) is 13.3. The average Bonchev–Trinajstić information content (AvgIpc) is 2.27. The molecule has 1 fully saturated rings. The molecule has 2 rings (SSSR count). The molecule has 0 radical (unpaired) electrons. The molecule has 98 valence electrons.